The molecule has 0 saturated carbocycles. The van der Waals surface area contributed by atoms with E-state index in [9.17, 15) is 26.4 Å². The number of hydrogen-bond acceptors (Lipinski definition) is 5. The fraction of sp³-hybridized carbons (Fsp3) is 0.409. The van der Waals surface area contributed by atoms with Crippen LogP contribution in [0.4, 0.5) is 13.2 Å². The van der Waals surface area contributed by atoms with Crippen molar-refractivity contribution in [1.29, 1.82) is 0 Å². The zero-order valence-corrected chi connectivity index (χ0v) is 19.0. The normalized spacial score (nSPS) is 23.2. The van der Waals surface area contributed by atoms with Crippen LogP contribution in [-0.2, 0) is 27.4 Å². The maximum absolute atomic E-state index is 13.1. The highest BCUT2D eigenvalue weighted by Crippen LogP contribution is 2.39. The smallest absolute Gasteiger partial charge is 0.351 e. The Morgan fingerprint density at radius 1 is 1.15 bits per heavy atom. The van der Waals surface area contributed by atoms with E-state index in [-0.39, 0.29) is 23.4 Å². The van der Waals surface area contributed by atoms with Gasteiger partial charge in [-0.15, -0.1) is 0 Å². The minimum Gasteiger partial charge on any atom is -0.351 e. The zero-order valence-electron chi connectivity index (χ0n) is 17.5. The van der Waals surface area contributed by atoms with E-state index in [0.29, 0.717) is 17.5 Å². The van der Waals surface area contributed by atoms with E-state index in [2.05, 4.69) is 16.0 Å². The summed E-state index contributed by atoms with van der Waals surface area (Å²) in [5, 5.41) is 8.70. The molecule has 3 unspecified atom stereocenters. The molecular formula is C22H23ClF3N3O3S. The van der Waals surface area contributed by atoms with Gasteiger partial charge in [0.25, 0.3) is 0 Å². The number of hydrogen-bond donors (Lipinski definition) is 3. The molecule has 2 aromatic carbocycles. The summed E-state index contributed by atoms with van der Waals surface area (Å²) < 4.78 is 65.0. The predicted molar refractivity (Wildman–Crippen MR) is 116 cm³/mol. The Morgan fingerprint density at radius 3 is 2.55 bits per heavy atom. The van der Waals surface area contributed by atoms with Crippen LogP contribution < -0.4 is 16.0 Å². The summed E-state index contributed by atoms with van der Waals surface area (Å²) in [6, 6.07) is 8.48. The number of benzene rings is 2. The first-order chi connectivity index (χ1) is 15.6. The van der Waals surface area contributed by atoms with E-state index in [1.165, 1.54) is 24.3 Å². The summed E-state index contributed by atoms with van der Waals surface area (Å²) in [6.45, 7) is 2.03. The minimum atomic E-state index is -4.77. The van der Waals surface area contributed by atoms with E-state index in [1.807, 2.05) is 0 Å². The lowest BCUT2D eigenvalue weighted by Gasteiger charge is -2.25. The van der Waals surface area contributed by atoms with Crippen molar-refractivity contribution in [1.82, 2.24) is 16.0 Å². The molecule has 2 aromatic rings. The van der Waals surface area contributed by atoms with Gasteiger partial charge >= 0.3 is 6.18 Å². The number of alkyl halides is 3. The van der Waals surface area contributed by atoms with Gasteiger partial charge in [-0.2, -0.15) is 13.2 Å². The van der Waals surface area contributed by atoms with Crippen LogP contribution in [0.2, 0.25) is 5.02 Å². The lowest BCUT2D eigenvalue weighted by molar-refractivity contribution is -0.137. The SMILES string of the molecule is O=C(NCc1ccc(S(=O)(=O)c2cccc(C(F)(F)F)c2Cl)cc1)C1CC2CNCCC2N1. The Bertz CT molecular complexity index is 1130. The van der Waals surface area contributed by atoms with Gasteiger partial charge in [0.05, 0.1) is 26.4 Å². The van der Waals surface area contributed by atoms with Crippen LogP contribution >= 0.6 is 11.6 Å². The van der Waals surface area contributed by atoms with Gasteiger partial charge in [-0.1, -0.05) is 29.8 Å². The molecule has 0 spiro atoms. The Hall–Kier alpha value is -2.14. The maximum Gasteiger partial charge on any atom is 0.417 e. The van der Waals surface area contributed by atoms with Gasteiger partial charge in [0.15, 0.2) is 0 Å². The molecule has 3 atom stereocenters. The van der Waals surface area contributed by atoms with Crippen molar-refractivity contribution in [3.63, 3.8) is 0 Å². The molecule has 6 nitrogen and oxygen atoms in total. The predicted octanol–water partition coefficient (Wildman–Crippen LogP) is 3.15. The molecule has 2 heterocycles. The molecule has 0 bridgehead atoms. The van der Waals surface area contributed by atoms with Crippen LogP contribution in [0.15, 0.2) is 52.3 Å². The number of carbonyl (C=O) groups is 1. The van der Waals surface area contributed by atoms with Crippen LogP contribution in [0.5, 0.6) is 0 Å². The molecule has 11 heteroatoms. The standard InChI is InChI=1S/C22H23ClF3N3O3S/c23-20-16(22(24,25)26)2-1-3-19(20)33(31,32)15-6-4-13(5-7-15)11-28-21(30)18-10-14-12-27-9-8-17(14)29-18/h1-7,14,17-18,27,29H,8-12H2,(H,28,30). The van der Waals surface area contributed by atoms with E-state index in [1.54, 1.807) is 0 Å². The first-order valence-electron chi connectivity index (χ1n) is 10.5. The highest BCUT2D eigenvalue weighted by atomic mass is 35.5. The minimum absolute atomic E-state index is 0.114. The quantitative estimate of drug-likeness (QED) is 0.586. The third kappa shape index (κ3) is 5.03. The summed E-state index contributed by atoms with van der Waals surface area (Å²) in [5.41, 5.74) is -0.546. The highest BCUT2D eigenvalue weighted by Gasteiger charge is 2.38. The number of halogens is 4. The van der Waals surface area contributed by atoms with Crippen LogP contribution in [0, 0.1) is 5.92 Å². The largest absolute Gasteiger partial charge is 0.417 e. The average molecular weight is 502 g/mol. The van der Waals surface area contributed by atoms with E-state index < -0.39 is 31.5 Å². The third-order valence-electron chi connectivity index (χ3n) is 6.14. The summed E-state index contributed by atoms with van der Waals surface area (Å²) >= 11 is 5.79. The van der Waals surface area contributed by atoms with Gasteiger partial charge in [0.2, 0.25) is 15.7 Å². The fourth-order valence-electron chi connectivity index (χ4n) is 4.36. The average Bonchev–Trinajstić information content (AvgIpc) is 3.21. The van der Waals surface area contributed by atoms with Crippen molar-refractivity contribution < 1.29 is 26.4 Å². The van der Waals surface area contributed by atoms with Crippen molar-refractivity contribution >= 4 is 27.3 Å². The van der Waals surface area contributed by atoms with E-state index in [0.717, 1.165) is 44.1 Å². The topological polar surface area (TPSA) is 87.3 Å². The van der Waals surface area contributed by atoms with E-state index in [4.69, 9.17) is 11.6 Å². The van der Waals surface area contributed by atoms with Gasteiger partial charge < -0.3 is 16.0 Å². The molecule has 178 valence electrons. The lowest BCUT2D eigenvalue weighted by Crippen LogP contribution is -2.45. The van der Waals surface area contributed by atoms with Crippen molar-refractivity contribution in [3.05, 3.63) is 58.6 Å². The Labute approximate surface area is 194 Å². The van der Waals surface area contributed by atoms with Crippen molar-refractivity contribution in [2.45, 2.75) is 47.4 Å². The highest BCUT2D eigenvalue weighted by molar-refractivity contribution is 7.91. The molecule has 2 saturated heterocycles. The molecule has 2 fully saturated rings. The van der Waals surface area contributed by atoms with Gasteiger partial charge in [0.1, 0.15) is 0 Å². The number of piperidine rings is 1. The first kappa shape index (κ1) is 24.0. The van der Waals surface area contributed by atoms with Crippen LogP contribution in [-0.4, -0.2) is 39.5 Å². The summed E-state index contributed by atoms with van der Waals surface area (Å²) in [4.78, 5) is 11.7. The zero-order chi connectivity index (χ0) is 23.8. The molecule has 2 aliphatic rings. The van der Waals surface area contributed by atoms with Crippen molar-refractivity contribution in [2.24, 2.45) is 5.92 Å². The number of amides is 1. The molecule has 0 radical (unpaired) electrons. The second kappa shape index (κ2) is 9.25. The first-order valence-corrected chi connectivity index (χ1v) is 12.4. The lowest BCUT2D eigenvalue weighted by atomic mass is 9.94. The van der Waals surface area contributed by atoms with Crippen LogP contribution in [0.25, 0.3) is 0 Å². The second-order valence-corrected chi connectivity index (χ2v) is 10.6. The molecule has 33 heavy (non-hydrogen) atoms. The Balaban J connectivity index is 1.43. The fourth-order valence-corrected chi connectivity index (χ4v) is 6.25. The third-order valence-corrected chi connectivity index (χ3v) is 8.47. The second-order valence-electron chi connectivity index (χ2n) is 8.29. The number of sulfone groups is 1. The molecule has 4 rings (SSSR count). The number of carbonyl (C=O) groups excluding carboxylic acids is 1. The summed E-state index contributed by atoms with van der Waals surface area (Å²) in [7, 11) is -4.26. The molecule has 2 aliphatic heterocycles. The van der Waals surface area contributed by atoms with Crippen LogP contribution in [0.1, 0.15) is 24.0 Å². The monoisotopic (exact) mass is 501 g/mol. The van der Waals surface area contributed by atoms with Gasteiger partial charge in [-0.3, -0.25) is 4.79 Å². The molecule has 1 amide bonds. The van der Waals surface area contributed by atoms with Gasteiger partial charge in [-0.05, 0) is 61.7 Å². The van der Waals surface area contributed by atoms with Crippen molar-refractivity contribution in [3.8, 4) is 0 Å². The van der Waals surface area contributed by atoms with Gasteiger partial charge in [-0.25, -0.2) is 8.42 Å². The molecule has 0 aromatic heterocycles. The Kier molecular flexibility index (Phi) is 6.73. The van der Waals surface area contributed by atoms with Crippen LogP contribution in [0.3, 0.4) is 0 Å². The maximum atomic E-state index is 13.1. The van der Waals surface area contributed by atoms with Gasteiger partial charge in [0, 0.05) is 12.6 Å². The molecular weight excluding hydrogens is 479 g/mol. The van der Waals surface area contributed by atoms with Crippen molar-refractivity contribution in [2.75, 3.05) is 13.1 Å². The number of fused-ring (bicyclic) bond motifs is 1. The Morgan fingerprint density at radius 2 is 1.88 bits per heavy atom. The number of rotatable bonds is 5. The summed E-state index contributed by atoms with van der Waals surface area (Å²) in [5.74, 6) is 0.318. The number of nitrogens with one attached hydrogen (secondary N) is 3. The molecule has 0 aliphatic carbocycles. The van der Waals surface area contributed by atoms with E-state index >= 15 is 0 Å². The molecule has 3 N–H and O–H groups in total. The summed E-state index contributed by atoms with van der Waals surface area (Å²) in [6.07, 6.45) is -3.02.